The number of ketones is 1. The summed E-state index contributed by atoms with van der Waals surface area (Å²) in [6, 6.07) is 23.2. The Morgan fingerprint density at radius 2 is 1.40 bits per heavy atom. The number of aryl methyl sites for hydroxylation is 1. The summed E-state index contributed by atoms with van der Waals surface area (Å²) in [5, 5.41) is 4.08. The number of nitrogens with zero attached hydrogens (tertiary/aromatic N) is 2. The van der Waals surface area contributed by atoms with Crippen LogP contribution in [0.5, 0.6) is 5.75 Å². The molecule has 0 atom stereocenters. The highest BCUT2D eigenvalue weighted by atomic mass is 16.5. The molecular formula is C25H22N2O3. The Hall–Kier alpha value is -3.73. The molecule has 0 fully saturated rings. The molecule has 1 aromatic heterocycles. The molecule has 150 valence electrons. The van der Waals surface area contributed by atoms with Gasteiger partial charge in [-0.15, -0.1) is 0 Å². The summed E-state index contributed by atoms with van der Waals surface area (Å²) in [4.78, 5) is 16.9. The molecule has 30 heavy (non-hydrogen) atoms. The summed E-state index contributed by atoms with van der Waals surface area (Å²) in [5.74, 6) is 1.97. The minimum absolute atomic E-state index is 0.161. The number of aromatic nitrogens is 2. The van der Waals surface area contributed by atoms with E-state index in [1.807, 2.05) is 79.7 Å². The predicted octanol–water partition coefficient (Wildman–Crippen LogP) is 5.07. The smallest absolute Gasteiger partial charge is 0.258 e. The summed E-state index contributed by atoms with van der Waals surface area (Å²) in [6.45, 7) is 2.03. The van der Waals surface area contributed by atoms with Gasteiger partial charge in [-0.25, -0.2) is 0 Å². The van der Waals surface area contributed by atoms with E-state index in [1.165, 1.54) is 5.56 Å². The summed E-state index contributed by atoms with van der Waals surface area (Å²) in [7, 11) is 1.63. The number of hydrogen-bond acceptors (Lipinski definition) is 5. The lowest BCUT2D eigenvalue weighted by Crippen LogP contribution is -2.06. The van der Waals surface area contributed by atoms with Gasteiger partial charge in [-0.2, -0.15) is 4.98 Å². The number of ether oxygens (including phenoxy) is 1. The fourth-order valence-corrected chi connectivity index (χ4v) is 3.19. The van der Waals surface area contributed by atoms with E-state index in [-0.39, 0.29) is 5.78 Å². The Bertz CT molecular complexity index is 1130. The normalized spacial score (nSPS) is 10.7. The number of hydrogen-bond donors (Lipinski definition) is 0. The maximum Gasteiger partial charge on any atom is 0.258 e. The molecule has 0 bridgehead atoms. The van der Waals surface area contributed by atoms with E-state index in [0.717, 1.165) is 28.0 Å². The Morgan fingerprint density at radius 1 is 0.833 bits per heavy atom. The molecule has 0 N–H and O–H groups in total. The second-order valence-corrected chi connectivity index (χ2v) is 7.23. The molecule has 3 aromatic carbocycles. The van der Waals surface area contributed by atoms with Crippen molar-refractivity contribution in [2.45, 2.75) is 19.8 Å². The van der Waals surface area contributed by atoms with Gasteiger partial charge in [0.15, 0.2) is 0 Å². The SMILES string of the molecule is COc1ccc(CC(=O)Cc2ccc(-c3noc(-c4ccc(C)cc4)n3)cc2)cc1. The van der Waals surface area contributed by atoms with Crippen LogP contribution in [0, 0.1) is 6.92 Å². The molecule has 5 nitrogen and oxygen atoms in total. The maximum absolute atomic E-state index is 12.4. The van der Waals surface area contributed by atoms with E-state index < -0.39 is 0 Å². The Kier molecular flexibility index (Phi) is 5.70. The first-order chi connectivity index (χ1) is 14.6. The first kappa shape index (κ1) is 19.6. The zero-order chi connectivity index (χ0) is 20.9. The molecule has 0 amide bonds. The van der Waals surface area contributed by atoms with Crippen LogP contribution in [0.3, 0.4) is 0 Å². The highest BCUT2D eigenvalue weighted by Gasteiger charge is 2.11. The van der Waals surface area contributed by atoms with Crippen LogP contribution in [-0.4, -0.2) is 23.0 Å². The molecule has 0 saturated carbocycles. The molecule has 4 rings (SSSR count). The van der Waals surface area contributed by atoms with Gasteiger partial charge in [0.05, 0.1) is 7.11 Å². The van der Waals surface area contributed by atoms with Crippen LogP contribution in [0.2, 0.25) is 0 Å². The molecule has 0 radical (unpaired) electrons. The minimum atomic E-state index is 0.161. The Labute approximate surface area is 175 Å². The van der Waals surface area contributed by atoms with Crippen molar-refractivity contribution in [2.24, 2.45) is 0 Å². The fraction of sp³-hybridized carbons (Fsp3) is 0.160. The van der Waals surface area contributed by atoms with Crippen LogP contribution in [0.25, 0.3) is 22.8 Å². The first-order valence-corrected chi connectivity index (χ1v) is 9.75. The number of carbonyl (C=O) groups is 1. The molecule has 5 heteroatoms. The number of carbonyl (C=O) groups excluding carboxylic acids is 1. The van der Waals surface area contributed by atoms with Crippen molar-refractivity contribution < 1.29 is 14.1 Å². The van der Waals surface area contributed by atoms with Gasteiger partial charge in [0.1, 0.15) is 11.5 Å². The lowest BCUT2D eigenvalue weighted by atomic mass is 10.0. The average molecular weight is 398 g/mol. The van der Waals surface area contributed by atoms with Gasteiger partial charge in [-0.05, 0) is 42.3 Å². The van der Waals surface area contributed by atoms with Crippen molar-refractivity contribution in [1.82, 2.24) is 10.1 Å². The van der Waals surface area contributed by atoms with Gasteiger partial charge in [-0.3, -0.25) is 4.79 Å². The second-order valence-electron chi connectivity index (χ2n) is 7.23. The molecule has 1 heterocycles. The van der Waals surface area contributed by atoms with E-state index in [4.69, 9.17) is 9.26 Å². The van der Waals surface area contributed by atoms with E-state index in [1.54, 1.807) is 7.11 Å². The fourth-order valence-electron chi connectivity index (χ4n) is 3.19. The Morgan fingerprint density at radius 3 is 2.00 bits per heavy atom. The van der Waals surface area contributed by atoms with Crippen molar-refractivity contribution in [3.05, 3.63) is 89.5 Å². The highest BCUT2D eigenvalue weighted by molar-refractivity contribution is 5.83. The molecule has 0 saturated heterocycles. The van der Waals surface area contributed by atoms with E-state index >= 15 is 0 Å². The number of methoxy groups -OCH3 is 1. The summed E-state index contributed by atoms with van der Waals surface area (Å²) in [5.41, 5.74) is 4.85. The number of benzene rings is 3. The van der Waals surface area contributed by atoms with Gasteiger partial charge in [-0.1, -0.05) is 59.3 Å². The molecular weight excluding hydrogens is 376 g/mol. The molecule has 0 spiro atoms. The van der Waals surface area contributed by atoms with Gasteiger partial charge in [0.2, 0.25) is 5.82 Å². The first-order valence-electron chi connectivity index (χ1n) is 9.75. The van der Waals surface area contributed by atoms with Crippen LogP contribution < -0.4 is 4.74 Å². The zero-order valence-corrected chi connectivity index (χ0v) is 17.0. The summed E-state index contributed by atoms with van der Waals surface area (Å²) >= 11 is 0. The van der Waals surface area contributed by atoms with Gasteiger partial charge in [0.25, 0.3) is 5.89 Å². The molecule has 0 unspecified atom stereocenters. The van der Waals surface area contributed by atoms with E-state index in [9.17, 15) is 4.79 Å². The van der Waals surface area contributed by atoms with Crippen LogP contribution in [0.15, 0.2) is 77.3 Å². The molecule has 0 aliphatic heterocycles. The van der Waals surface area contributed by atoms with Crippen molar-refractivity contribution in [1.29, 1.82) is 0 Å². The van der Waals surface area contributed by atoms with Crippen molar-refractivity contribution in [3.63, 3.8) is 0 Å². The molecule has 0 aliphatic rings. The van der Waals surface area contributed by atoms with E-state index in [0.29, 0.717) is 24.6 Å². The Balaban J connectivity index is 1.40. The minimum Gasteiger partial charge on any atom is -0.497 e. The van der Waals surface area contributed by atoms with Crippen molar-refractivity contribution >= 4 is 5.78 Å². The van der Waals surface area contributed by atoms with Crippen molar-refractivity contribution in [2.75, 3.05) is 7.11 Å². The summed E-state index contributed by atoms with van der Waals surface area (Å²) in [6.07, 6.45) is 0.781. The number of Topliss-reactive ketones (excluding diaryl/α,β-unsaturated/α-hetero) is 1. The lowest BCUT2D eigenvalue weighted by Gasteiger charge is -2.04. The zero-order valence-electron chi connectivity index (χ0n) is 17.0. The lowest BCUT2D eigenvalue weighted by molar-refractivity contribution is -0.117. The van der Waals surface area contributed by atoms with Crippen LogP contribution in [-0.2, 0) is 17.6 Å². The van der Waals surface area contributed by atoms with Crippen LogP contribution >= 0.6 is 0 Å². The largest absolute Gasteiger partial charge is 0.497 e. The van der Waals surface area contributed by atoms with E-state index in [2.05, 4.69) is 10.1 Å². The van der Waals surface area contributed by atoms with Crippen LogP contribution in [0.1, 0.15) is 16.7 Å². The second kappa shape index (κ2) is 8.74. The maximum atomic E-state index is 12.4. The highest BCUT2D eigenvalue weighted by Crippen LogP contribution is 2.23. The standard InChI is InChI=1S/C25H22N2O3/c1-17-3-9-21(10-4-17)25-26-24(27-30-25)20-11-5-18(6-12-20)15-22(28)16-19-7-13-23(29-2)14-8-19/h3-14H,15-16H2,1-2H3. The van der Waals surface area contributed by atoms with Gasteiger partial charge in [0, 0.05) is 24.0 Å². The molecule has 4 aromatic rings. The third-order valence-corrected chi connectivity index (χ3v) is 4.90. The van der Waals surface area contributed by atoms with Gasteiger partial charge < -0.3 is 9.26 Å². The topological polar surface area (TPSA) is 65.2 Å². The quantitative estimate of drug-likeness (QED) is 0.435. The summed E-state index contributed by atoms with van der Waals surface area (Å²) < 4.78 is 10.5. The van der Waals surface area contributed by atoms with Crippen molar-refractivity contribution in [3.8, 4) is 28.6 Å². The average Bonchev–Trinajstić information content (AvgIpc) is 3.25. The third kappa shape index (κ3) is 4.63. The third-order valence-electron chi connectivity index (χ3n) is 4.90. The predicted molar refractivity (Wildman–Crippen MR) is 115 cm³/mol. The monoisotopic (exact) mass is 398 g/mol. The van der Waals surface area contributed by atoms with Gasteiger partial charge >= 0.3 is 0 Å². The van der Waals surface area contributed by atoms with Crippen LogP contribution in [0.4, 0.5) is 0 Å². The number of rotatable bonds is 7. The molecule has 0 aliphatic carbocycles.